The van der Waals surface area contributed by atoms with Gasteiger partial charge < -0.3 is 9.47 Å². The second-order valence-electron chi connectivity index (χ2n) is 3.19. The number of carbonyl (C=O) groups excluding carboxylic acids is 1. The summed E-state index contributed by atoms with van der Waals surface area (Å²) in [5.41, 5.74) is 1.75. The van der Waals surface area contributed by atoms with E-state index >= 15 is 0 Å². The van der Waals surface area contributed by atoms with Gasteiger partial charge in [0.05, 0.1) is 0 Å². The molecule has 1 heterocycles. The van der Waals surface area contributed by atoms with E-state index in [1.54, 1.807) is 0 Å². The van der Waals surface area contributed by atoms with Gasteiger partial charge >= 0.3 is 5.97 Å². The standard InChI is InChI=1S/C12H12O3/c1-2-14-12-10(8-11(13)15-12)9-6-4-3-5-7-9/h3-8,12H,2H2,1H3. The predicted octanol–water partition coefficient (Wildman–Crippen LogP) is 1.99. The first-order chi connectivity index (χ1) is 7.31. The molecule has 15 heavy (non-hydrogen) atoms. The summed E-state index contributed by atoms with van der Waals surface area (Å²) in [6.45, 7) is 2.39. The number of rotatable bonds is 3. The highest BCUT2D eigenvalue weighted by molar-refractivity contribution is 5.96. The molecule has 0 amide bonds. The number of hydrogen-bond acceptors (Lipinski definition) is 3. The van der Waals surface area contributed by atoms with Crippen molar-refractivity contribution in [3.63, 3.8) is 0 Å². The highest BCUT2D eigenvalue weighted by Gasteiger charge is 2.27. The molecule has 0 saturated heterocycles. The highest BCUT2D eigenvalue weighted by Crippen LogP contribution is 2.26. The molecule has 1 aliphatic heterocycles. The zero-order valence-corrected chi connectivity index (χ0v) is 8.47. The summed E-state index contributed by atoms with van der Waals surface area (Å²) < 4.78 is 10.3. The fraction of sp³-hybridized carbons (Fsp3) is 0.250. The van der Waals surface area contributed by atoms with Gasteiger partial charge in [-0.05, 0) is 12.5 Å². The molecule has 0 spiro atoms. The van der Waals surface area contributed by atoms with E-state index in [1.165, 1.54) is 6.08 Å². The minimum atomic E-state index is -0.551. The van der Waals surface area contributed by atoms with Crippen molar-refractivity contribution >= 4 is 11.5 Å². The molecule has 0 radical (unpaired) electrons. The lowest BCUT2D eigenvalue weighted by atomic mass is 10.1. The largest absolute Gasteiger partial charge is 0.428 e. The van der Waals surface area contributed by atoms with E-state index in [2.05, 4.69) is 0 Å². The van der Waals surface area contributed by atoms with E-state index in [1.807, 2.05) is 37.3 Å². The molecule has 0 aromatic heterocycles. The Balaban J connectivity index is 2.27. The van der Waals surface area contributed by atoms with Crippen molar-refractivity contribution < 1.29 is 14.3 Å². The smallest absolute Gasteiger partial charge is 0.333 e. The van der Waals surface area contributed by atoms with E-state index in [4.69, 9.17) is 9.47 Å². The van der Waals surface area contributed by atoms with Gasteiger partial charge in [-0.1, -0.05) is 30.3 Å². The molecule has 1 aliphatic rings. The first kappa shape index (κ1) is 9.93. The molecule has 78 valence electrons. The van der Waals surface area contributed by atoms with Gasteiger partial charge in [0.25, 0.3) is 0 Å². The first-order valence-electron chi connectivity index (χ1n) is 4.90. The summed E-state index contributed by atoms with van der Waals surface area (Å²) in [5.74, 6) is -0.340. The van der Waals surface area contributed by atoms with Crippen molar-refractivity contribution in [2.24, 2.45) is 0 Å². The normalized spacial score (nSPS) is 19.9. The zero-order chi connectivity index (χ0) is 10.7. The van der Waals surface area contributed by atoms with Gasteiger partial charge in [0, 0.05) is 18.3 Å². The van der Waals surface area contributed by atoms with Crippen LogP contribution in [0.1, 0.15) is 12.5 Å². The molecule has 1 aromatic carbocycles. The summed E-state index contributed by atoms with van der Waals surface area (Å²) in [6.07, 6.45) is 0.931. The van der Waals surface area contributed by atoms with E-state index in [-0.39, 0.29) is 5.97 Å². The van der Waals surface area contributed by atoms with Crippen LogP contribution in [-0.2, 0) is 14.3 Å². The van der Waals surface area contributed by atoms with Crippen molar-refractivity contribution in [1.29, 1.82) is 0 Å². The van der Waals surface area contributed by atoms with Gasteiger partial charge in [-0.2, -0.15) is 0 Å². The molecule has 3 nitrogen and oxygen atoms in total. The number of cyclic esters (lactones) is 1. The minimum absolute atomic E-state index is 0.340. The second-order valence-corrected chi connectivity index (χ2v) is 3.19. The average molecular weight is 204 g/mol. The summed E-state index contributed by atoms with van der Waals surface area (Å²) >= 11 is 0. The quantitative estimate of drug-likeness (QED) is 0.706. The van der Waals surface area contributed by atoms with Crippen molar-refractivity contribution in [3.05, 3.63) is 42.0 Å². The third-order valence-electron chi connectivity index (χ3n) is 2.18. The van der Waals surface area contributed by atoms with Crippen molar-refractivity contribution in [2.75, 3.05) is 6.61 Å². The van der Waals surface area contributed by atoms with Crippen LogP contribution in [0.15, 0.2) is 36.4 Å². The van der Waals surface area contributed by atoms with Crippen LogP contribution in [0.4, 0.5) is 0 Å². The molecule has 0 saturated carbocycles. The maximum Gasteiger partial charge on any atom is 0.333 e. The Morgan fingerprint density at radius 2 is 2.07 bits per heavy atom. The Morgan fingerprint density at radius 1 is 1.33 bits per heavy atom. The minimum Gasteiger partial charge on any atom is -0.428 e. The van der Waals surface area contributed by atoms with Crippen LogP contribution in [0.3, 0.4) is 0 Å². The van der Waals surface area contributed by atoms with Crippen LogP contribution in [0, 0.1) is 0 Å². The Hall–Kier alpha value is -1.61. The molecule has 3 heteroatoms. The molecular formula is C12H12O3. The molecule has 0 fully saturated rings. The average Bonchev–Trinajstić information content (AvgIpc) is 2.62. The molecule has 2 rings (SSSR count). The lowest BCUT2D eigenvalue weighted by Gasteiger charge is -2.13. The van der Waals surface area contributed by atoms with Gasteiger partial charge in [-0.3, -0.25) is 0 Å². The number of ether oxygens (including phenoxy) is 2. The van der Waals surface area contributed by atoms with Crippen LogP contribution in [0.2, 0.25) is 0 Å². The van der Waals surface area contributed by atoms with Gasteiger partial charge in [-0.15, -0.1) is 0 Å². The van der Waals surface area contributed by atoms with Crippen LogP contribution >= 0.6 is 0 Å². The summed E-state index contributed by atoms with van der Waals surface area (Å²) in [4.78, 5) is 11.1. The third-order valence-corrected chi connectivity index (χ3v) is 2.18. The van der Waals surface area contributed by atoms with Crippen LogP contribution < -0.4 is 0 Å². The highest BCUT2D eigenvalue weighted by atomic mass is 16.7. The van der Waals surface area contributed by atoms with Gasteiger partial charge in [0.2, 0.25) is 6.29 Å². The van der Waals surface area contributed by atoms with Crippen LogP contribution in [-0.4, -0.2) is 18.9 Å². The Labute approximate surface area is 88.3 Å². The van der Waals surface area contributed by atoms with E-state index < -0.39 is 6.29 Å². The lowest BCUT2D eigenvalue weighted by molar-refractivity contribution is -0.156. The molecule has 1 aromatic rings. The monoisotopic (exact) mass is 204 g/mol. The molecule has 1 unspecified atom stereocenters. The zero-order valence-electron chi connectivity index (χ0n) is 8.47. The number of benzene rings is 1. The summed E-state index contributed by atoms with van der Waals surface area (Å²) in [5, 5.41) is 0. The fourth-order valence-corrected chi connectivity index (χ4v) is 1.52. The van der Waals surface area contributed by atoms with Gasteiger partial charge in [0.1, 0.15) is 0 Å². The van der Waals surface area contributed by atoms with E-state index in [9.17, 15) is 4.79 Å². The third kappa shape index (κ3) is 2.07. The van der Waals surface area contributed by atoms with Gasteiger partial charge in [-0.25, -0.2) is 4.79 Å². The topological polar surface area (TPSA) is 35.5 Å². The molecule has 0 N–H and O–H groups in total. The molecular weight excluding hydrogens is 192 g/mol. The van der Waals surface area contributed by atoms with Crippen molar-refractivity contribution in [3.8, 4) is 0 Å². The van der Waals surface area contributed by atoms with Crippen molar-refractivity contribution in [1.82, 2.24) is 0 Å². The first-order valence-corrected chi connectivity index (χ1v) is 4.90. The number of carbonyl (C=O) groups is 1. The SMILES string of the molecule is CCOC1OC(=O)C=C1c1ccccc1. The Morgan fingerprint density at radius 3 is 2.73 bits per heavy atom. The number of esters is 1. The van der Waals surface area contributed by atoms with Crippen LogP contribution in [0.5, 0.6) is 0 Å². The lowest BCUT2D eigenvalue weighted by Crippen LogP contribution is -2.15. The Bertz CT molecular complexity index is 381. The van der Waals surface area contributed by atoms with Crippen LogP contribution in [0.25, 0.3) is 5.57 Å². The maximum atomic E-state index is 11.1. The molecule has 0 aliphatic carbocycles. The van der Waals surface area contributed by atoms with E-state index in [0.29, 0.717) is 6.61 Å². The van der Waals surface area contributed by atoms with Crippen molar-refractivity contribution in [2.45, 2.75) is 13.2 Å². The number of hydrogen-bond donors (Lipinski definition) is 0. The second kappa shape index (κ2) is 4.28. The predicted molar refractivity (Wildman–Crippen MR) is 55.9 cm³/mol. The fourth-order valence-electron chi connectivity index (χ4n) is 1.52. The van der Waals surface area contributed by atoms with Gasteiger partial charge in [0.15, 0.2) is 0 Å². The van der Waals surface area contributed by atoms with E-state index in [0.717, 1.165) is 11.1 Å². The Kier molecular flexibility index (Phi) is 2.83. The summed E-state index contributed by atoms with van der Waals surface area (Å²) in [6, 6.07) is 9.63. The maximum absolute atomic E-state index is 11.1. The summed E-state index contributed by atoms with van der Waals surface area (Å²) in [7, 11) is 0. The molecule has 1 atom stereocenters. The molecule has 0 bridgehead atoms.